The molecule has 2 aromatic carbocycles. The highest BCUT2D eigenvalue weighted by molar-refractivity contribution is 6.00. The molecule has 0 saturated carbocycles. The molecule has 7 rings (SSSR count). The normalized spacial score (nSPS) is 19.0. The number of imide groups is 1. The number of hydrogen-bond acceptors (Lipinski definition) is 8. The number of methoxy groups -OCH3 is 1. The van der Waals surface area contributed by atoms with Crippen LogP contribution in [-0.2, 0) is 27.9 Å². The molecule has 2 aliphatic heterocycles. The van der Waals surface area contributed by atoms with Crippen LogP contribution in [0.5, 0.6) is 5.75 Å². The van der Waals surface area contributed by atoms with Crippen molar-refractivity contribution in [2.45, 2.75) is 83.9 Å². The van der Waals surface area contributed by atoms with Gasteiger partial charge < -0.3 is 14.4 Å². The van der Waals surface area contributed by atoms with E-state index in [9.17, 15) is 19.2 Å². The molecule has 4 aromatic rings. The van der Waals surface area contributed by atoms with Gasteiger partial charge in [0.1, 0.15) is 23.2 Å². The molecule has 3 aliphatic rings. The zero-order chi connectivity index (χ0) is 37.5. The van der Waals surface area contributed by atoms with Gasteiger partial charge in [-0.05, 0) is 118 Å². The van der Waals surface area contributed by atoms with Crippen molar-refractivity contribution >= 4 is 46.0 Å². The Morgan fingerprint density at radius 1 is 0.981 bits per heavy atom. The molecule has 2 fully saturated rings. The molecule has 278 valence electrons. The molecule has 1 spiro atoms. The SMILES string of the molecule is COc1ccc(CN2C(=O)CC[C@@H](n3c(=O)n(C)c4c(N5CCC6(CC=C(c7ccc(NC(=O)OC(C)(C)C)nc7)CC6)CC5)cccc43)C2=O)cc1. The number of para-hydroxylation sites is 1. The summed E-state index contributed by atoms with van der Waals surface area (Å²) in [6.07, 6.45) is 9.20. The van der Waals surface area contributed by atoms with E-state index < -0.39 is 17.7 Å². The van der Waals surface area contributed by atoms with Gasteiger partial charge in [0.05, 0.1) is 30.4 Å². The average molecular weight is 721 g/mol. The summed E-state index contributed by atoms with van der Waals surface area (Å²) in [5, 5.41) is 2.70. The summed E-state index contributed by atoms with van der Waals surface area (Å²) in [6.45, 7) is 7.34. The molecule has 1 N–H and O–H groups in total. The second-order valence-electron chi connectivity index (χ2n) is 15.6. The number of pyridine rings is 1. The minimum Gasteiger partial charge on any atom is -0.497 e. The van der Waals surface area contributed by atoms with Crippen LogP contribution in [0.2, 0.25) is 0 Å². The van der Waals surface area contributed by atoms with Crippen molar-refractivity contribution in [1.29, 1.82) is 0 Å². The van der Waals surface area contributed by atoms with Crippen LogP contribution in [0.15, 0.2) is 71.7 Å². The molecule has 4 heterocycles. The van der Waals surface area contributed by atoms with Crippen molar-refractivity contribution in [3.05, 3.63) is 88.5 Å². The summed E-state index contributed by atoms with van der Waals surface area (Å²) in [5.74, 6) is 0.566. The molecule has 3 amide bonds. The zero-order valence-corrected chi connectivity index (χ0v) is 31.2. The highest BCUT2D eigenvalue weighted by Crippen LogP contribution is 2.47. The van der Waals surface area contributed by atoms with Gasteiger partial charge in [0.25, 0.3) is 5.91 Å². The molecule has 0 radical (unpaired) electrons. The standard InChI is InChI=1S/C41H48N6O6/c1-40(2,3)53-38(50)43-34-15-11-29(25-42-34)28-17-19-41(20-18-28)21-23-45(24-22-41)31-7-6-8-32-36(31)44(4)39(51)47(32)33-14-16-35(48)46(37(33)49)26-27-9-12-30(52-5)13-10-27/h6-13,15,17,25,33H,14,16,18-24,26H2,1-5H3,(H,42,43,50)/t33-/m1/s1. The number of benzene rings is 2. The number of nitrogens with zero attached hydrogens (tertiary/aromatic N) is 5. The molecule has 1 atom stereocenters. The van der Waals surface area contributed by atoms with Gasteiger partial charge in [-0.25, -0.2) is 14.6 Å². The molecule has 2 aromatic heterocycles. The molecule has 0 unspecified atom stereocenters. The lowest BCUT2D eigenvalue weighted by atomic mass is 9.68. The third kappa shape index (κ3) is 7.31. The molecular weight excluding hydrogens is 672 g/mol. The Balaban J connectivity index is 1.04. The van der Waals surface area contributed by atoms with E-state index >= 15 is 0 Å². The van der Waals surface area contributed by atoms with E-state index in [2.05, 4.69) is 27.3 Å². The van der Waals surface area contributed by atoms with Crippen molar-refractivity contribution in [3.63, 3.8) is 0 Å². The van der Waals surface area contributed by atoms with Crippen LogP contribution in [0.1, 0.15) is 82.9 Å². The van der Waals surface area contributed by atoms with E-state index in [1.54, 1.807) is 35.4 Å². The summed E-state index contributed by atoms with van der Waals surface area (Å²) in [5.41, 5.74) is 5.03. The fraction of sp³-hybridized carbons (Fsp3) is 0.439. The van der Waals surface area contributed by atoms with Gasteiger partial charge in [0.15, 0.2) is 0 Å². The maximum absolute atomic E-state index is 13.9. The Morgan fingerprint density at radius 3 is 2.38 bits per heavy atom. The number of carbonyl (C=O) groups is 3. The van der Waals surface area contributed by atoms with Gasteiger partial charge in [-0.3, -0.25) is 28.9 Å². The van der Waals surface area contributed by atoms with E-state index in [1.165, 1.54) is 10.5 Å². The van der Waals surface area contributed by atoms with E-state index in [0.717, 1.165) is 67.5 Å². The smallest absolute Gasteiger partial charge is 0.413 e. The summed E-state index contributed by atoms with van der Waals surface area (Å²) in [4.78, 5) is 61.0. The van der Waals surface area contributed by atoms with Crippen LogP contribution < -0.4 is 20.6 Å². The Morgan fingerprint density at radius 2 is 1.74 bits per heavy atom. The second kappa shape index (κ2) is 14.2. The van der Waals surface area contributed by atoms with Crippen molar-refractivity contribution in [3.8, 4) is 5.75 Å². The van der Waals surface area contributed by atoms with Gasteiger partial charge in [0, 0.05) is 32.8 Å². The Bertz CT molecular complexity index is 2120. The van der Waals surface area contributed by atoms with Crippen LogP contribution in [0.4, 0.5) is 16.3 Å². The van der Waals surface area contributed by atoms with Crippen LogP contribution in [0, 0.1) is 5.41 Å². The lowest BCUT2D eigenvalue weighted by Gasteiger charge is -2.44. The third-order valence-corrected chi connectivity index (χ3v) is 11.0. The largest absolute Gasteiger partial charge is 0.497 e. The minimum atomic E-state index is -0.766. The van der Waals surface area contributed by atoms with E-state index in [1.807, 2.05) is 63.4 Å². The lowest BCUT2D eigenvalue weighted by molar-refractivity contribution is -0.151. The number of carbonyl (C=O) groups excluding carboxylic acids is 3. The van der Waals surface area contributed by atoms with Gasteiger partial charge >= 0.3 is 11.8 Å². The molecule has 12 nitrogen and oxygen atoms in total. The van der Waals surface area contributed by atoms with E-state index in [0.29, 0.717) is 17.1 Å². The number of imidazole rings is 1. The Labute approximate surface area is 309 Å². The van der Waals surface area contributed by atoms with Crippen molar-refractivity contribution in [2.24, 2.45) is 12.5 Å². The third-order valence-electron chi connectivity index (χ3n) is 11.0. The van der Waals surface area contributed by atoms with Crippen molar-refractivity contribution in [2.75, 3.05) is 30.4 Å². The maximum atomic E-state index is 13.9. The highest BCUT2D eigenvalue weighted by Gasteiger charge is 2.39. The number of allylic oxidation sites excluding steroid dienone is 2. The van der Waals surface area contributed by atoms with Gasteiger partial charge in [-0.1, -0.05) is 24.3 Å². The lowest BCUT2D eigenvalue weighted by Crippen LogP contribution is -2.47. The number of piperidine rings is 2. The number of aromatic nitrogens is 3. The number of ether oxygens (including phenoxy) is 2. The maximum Gasteiger partial charge on any atom is 0.413 e. The van der Waals surface area contributed by atoms with Crippen LogP contribution in [-0.4, -0.2) is 62.7 Å². The summed E-state index contributed by atoms with van der Waals surface area (Å²) >= 11 is 0. The molecule has 0 bridgehead atoms. The van der Waals surface area contributed by atoms with Crippen molar-refractivity contribution < 1.29 is 23.9 Å². The highest BCUT2D eigenvalue weighted by atomic mass is 16.6. The van der Waals surface area contributed by atoms with Gasteiger partial charge in [0.2, 0.25) is 5.91 Å². The average Bonchev–Trinajstić information content (AvgIpc) is 3.39. The predicted molar refractivity (Wildman–Crippen MR) is 204 cm³/mol. The van der Waals surface area contributed by atoms with E-state index in [4.69, 9.17) is 9.47 Å². The first kappa shape index (κ1) is 36.0. The van der Waals surface area contributed by atoms with Gasteiger partial charge in [-0.2, -0.15) is 0 Å². The molecule has 12 heteroatoms. The van der Waals surface area contributed by atoms with Crippen LogP contribution in [0.25, 0.3) is 16.6 Å². The zero-order valence-electron chi connectivity index (χ0n) is 31.2. The Hall–Kier alpha value is -5.39. The number of likely N-dealkylation sites (tertiary alicyclic amines) is 1. The predicted octanol–water partition coefficient (Wildman–Crippen LogP) is 6.84. The summed E-state index contributed by atoms with van der Waals surface area (Å²) in [7, 11) is 3.36. The quantitative estimate of drug-likeness (QED) is 0.206. The number of hydrogen-bond donors (Lipinski definition) is 1. The summed E-state index contributed by atoms with van der Waals surface area (Å²) < 4.78 is 13.8. The number of anilines is 2. The molecule has 1 aliphatic carbocycles. The second-order valence-corrected chi connectivity index (χ2v) is 15.6. The Kier molecular flexibility index (Phi) is 9.65. The first-order chi connectivity index (χ1) is 25.3. The minimum absolute atomic E-state index is 0.144. The summed E-state index contributed by atoms with van der Waals surface area (Å²) in [6, 6.07) is 16.3. The van der Waals surface area contributed by atoms with Crippen LogP contribution in [0.3, 0.4) is 0 Å². The number of fused-ring (bicyclic) bond motifs is 1. The number of aryl methyl sites for hydroxylation is 1. The van der Waals surface area contributed by atoms with Crippen LogP contribution >= 0.6 is 0 Å². The monoisotopic (exact) mass is 720 g/mol. The van der Waals surface area contributed by atoms with Crippen molar-refractivity contribution in [1.82, 2.24) is 19.0 Å². The first-order valence-corrected chi connectivity index (χ1v) is 18.4. The fourth-order valence-corrected chi connectivity index (χ4v) is 8.06. The fourth-order valence-electron chi connectivity index (χ4n) is 8.06. The number of nitrogens with one attached hydrogen (secondary N) is 1. The first-order valence-electron chi connectivity index (χ1n) is 18.4. The molecular formula is C41H48N6O6. The molecule has 53 heavy (non-hydrogen) atoms. The van der Waals surface area contributed by atoms with Gasteiger partial charge in [-0.15, -0.1) is 0 Å². The number of amides is 3. The van der Waals surface area contributed by atoms with E-state index in [-0.39, 0.29) is 42.3 Å². The topological polar surface area (TPSA) is 128 Å². The number of rotatable bonds is 7. The molecule has 2 saturated heterocycles.